The Bertz CT molecular complexity index is 933. The normalized spacial score (nSPS) is 9.35. The first kappa shape index (κ1) is 15.6. The van der Waals surface area contributed by atoms with Crippen LogP contribution in [0.4, 0.5) is 5.69 Å². The van der Waals surface area contributed by atoms with E-state index in [4.69, 9.17) is 15.8 Å². The number of aromatic nitrogens is 2. The Hall–Kier alpha value is -3.83. The minimum Gasteiger partial charge on any atom is -0.464 e. The van der Waals surface area contributed by atoms with Crippen molar-refractivity contribution in [2.24, 2.45) is 7.05 Å². The fourth-order valence-corrected chi connectivity index (χ4v) is 2.02. The molecule has 1 aromatic carbocycles. The molecule has 0 amide bonds. The second-order valence-electron chi connectivity index (χ2n) is 4.41. The first-order valence-corrected chi connectivity index (χ1v) is 6.32. The molecule has 1 N–H and O–H groups in total. The average Bonchev–Trinajstić information content (AvgIpc) is 2.90. The molecule has 1 heterocycles. The summed E-state index contributed by atoms with van der Waals surface area (Å²) in [7, 11) is 2.94. The van der Waals surface area contributed by atoms with Gasteiger partial charge in [-0.2, -0.15) is 20.9 Å². The molecule has 2 rings (SSSR count). The van der Waals surface area contributed by atoms with Crippen LogP contribution >= 0.6 is 0 Å². The van der Waals surface area contributed by atoms with Crippen molar-refractivity contribution in [1.82, 2.24) is 9.78 Å². The van der Waals surface area contributed by atoms with Gasteiger partial charge in [0, 0.05) is 18.1 Å². The van der Waals surface area contributed by atoms with Crippen LogP contribution in [0.15, 0.2) is 29.5 Å². The number of nitrogens with one attached hydrogen (secondary N) is 1. The fraction of sp³-hybridized carbons (Fsp3) is 0.133. The highest BCUT2D eigenvalue weighted by Gasteiger charge is 2.17. The van der Waals surface area contributed by atoms with Crippen molar-refractivity contribution in [3.05, 3.63) is 35.2 Å². The summed E-state index contributed by atoms with van der Waals surface area (Å²) in [5.74, 6) is -0.585. The standard InChI is InChI=1S/C15H10N6O2/c1-21-13-4-3-10(19-12(8-18)9(6-16)7-17)5-11(13)14(20-21)15(22)23-2/h3-5,19H,1-2H3. The van der Waals surface area contributed by atoms with Gasteiger partial charge in [-0.15, -0.1) is 0 Å². The lowest BCUT2D eigenvalue weighted by atomic mass is 10.1. The average molecular weight is 306 g/mol. The van der Waals surface area contributed by atoms with Gasteiger partial charge in [0.2, 0.25) is 0 Å². The number of ether oxygens (including phenoxy) is 1. The van der Waals surface area contributed by atoms with Crippen LogP contribution in [0.2, 0.25) is 0 Å². The molecule has 0 unspecified atom stereocenters. The molecule has 0 spiro atoms. The number of aryl methyl sites for hydroxylation is 1. The van der Waals surface area contributed by atoms with E-state index in [1.165, 1.54) is 11.8 Å². The lowest BCUT2D eigenvalue weighted by molar-refractivity contribution is 0.0595. The summed E-state index contributed by atoms with van der Waals surface area (Å²) in [6.45, 7) is 0. The lowest BCUT2D eigenvalue weighted by Crippen LogP contribution is -2.03. The van der Waals surface area contributed by atoms with Gasteiger partial charge < -0.3 is 10.1 Å². The van der Waals surface area contributed by atoms with E-state index in [0.29, 0.717) is 16.6 Å². The third-order valence-electron chi connectivity index (χ3n) is 3.08. The summed E-state index contributed by atoms with van der Waals surface area (Å²) in [6, 6.07) is 10.00. The van der Waals surface area contributed by atoms with Crippen molar-refractivity contribution in [3.63, 3.8) is 0 Å². The van der Waals surface area contributed by atoms with Crippen LogP contribution in [0.3, 0.4) is 0 Å². The summed E-state index contributed by atoms with van der Waals surface area (Å²) < 4.78 is 6.22. The highest BCUT2D eigenvalue weighted by Crippen LogP contribution is 2.24. The summed E-state index contributed by atoms with van der Waals surface area (Å²) in [5.41, 5.74) is 0.774. The molecule has 8 heteroatoms. The van der Waals surface area contributed by atoms with Crippen LogP contribution in [0.1, 0.15) is 10.5 Å². The number of benzene rings is 1. The second-order valence-corrected chi connectivity index (χ2v) is 4.41. The largest absolute Gasteiger partial charge is 0.464 e. The van der Waals surface area contributed by atoms with E-state index in [-0.39, 0.29) is 17.0 Å². The van der Waals surface area contributed by atoms with Crippen molar-refractivity contribution in [3.8, 4) is 18.2 Å². The number of fused-ring (bicyclic) bond motifs is 1. The zero-order valence-electron chi connectivity index (χ0n) is 12.3. The van der Waals surface area contributed by atoms with Crippen LogP contribution in [0.25, 0.3) is 10.9 Å². The van der Waals surface area contributed by atoms with Gasteiger partial charge in [-0.3, -0.25) is 4.68 Å². The molecule has 0 atom stereocenters. The van der Waals surface area contributed by atoms with Gasteiger partial charge in [-0.05, 0) is 18.2 Å². The zero-order chi connectivity index (χ0) is 17.0. The van der Waals surface area contributed by atoms with Crippen LogP contribution in [-0.2, 0) is 11.8 Å². The summed E-state index contributed by atoms with van der Waals surface area (Å²) in [4.78, 5) is 11.8. The lowest BCUT2D eigenvalue weighted by Gasteiger charge is -2.05. The maximum atomic E-state index is 11.8. The van der Waals surface area contributed by atoms with Crippen LogP contribution in [0, 0.1) is 34.0 Å². The van der Waals surface area contributed by atoms with Gasteiger partial charge in [-0.1, -0.05) is 0 Å². The maximum Gasteiger partial charge on any atom is 0.359 e. The van der Waals surface area contributed by atoms with Gasteiger partial charge in [-0.25, -0.2) is 4.79 Å². The number of rotatable bonds is 3. The third-order valence-corrected chi connectivity index (χ3v) is 3.08. The molecule has 0 bridgehead atoms. The number of carbonyl (C=O) groups is 1. The first-order valence-electron chi connectivity index (χ1n) is 6.32. The number of esters is 1. The zero-order valence-corrected chi connectivity index (χ0v) is 12.3. The molecule has 1 aromatic heterocycles. The fourth-order valence-electron chi connectivity index (χ4n) is 2.02. The van der Waals surface area contributed by atoms with Crippen molar-refractivity contribution in [1.29, 1.82) is 15.8 Å². The highest BCUT2D eigenvalue weighted by molar-refractivity contribution is 6.03. The van der Waals surface area contributed by atoms with Crippen molar-refractivity contribution in [2.75, 3.05) is 12.4 Å². The van der Waals surface area contributed by atoms with Gasteiger partial charge in [0.1, 0.15) is 23.9 Å². The minimum atomic E-state index is -0.585. The predicted molar refractivity (Wildman–Crippen MR) is 79.5 cm³/mol. The number of anilines is 1. The molecule has 8 nitrogen and oxygen atoms in total. The predicted octanol–water partition coefficient (Wildman–Crippen LogP) is 1.60. The van der Waals surface area contributed by atoms with Crippen molar-refractivity contribution >= 4 is 22.6 Å². The van der Waals surface area contributed by atoms with Gasteiger partial charge >= 0.3 is 5.97 Å². The van der Waals surface area contributed by atoms with Gasteiger partial charge in [0.15, 0.2) is 11.3 Å². The molecular formula is C15H10N6O2. The molecule has 0 aliphatic heterocycles. The van der Waals surface area contributed by atoms with E-state index >= 15 is 0 Å². The Balaban J connectivity index is 2.55. The second kappa shape index (κ2) is 6.30. The molecule has 23 heavy (non-hydrogen) atoms. The Morgan fingerprint density at radius 3 is 2.52 bits per heavy atom. The Kier molecular flexibility index (Phi) is 4.26. The minimum absolute atomic E-state index is 0.136. The number of hydrogen-bond acceptors (Lipinski definition) is 7. The molecule has 0 saturated heterocycles. The Morgan fingerprint density at radius 2 is 1.96 bits per heavy atom. The van der Waals surface area contributed by atoms with E-state index in [0.717, 1.165) is 0 Å². The topological polar surface area (TPSA) is 128 Å². The number of methoxy groups -OCH3 is 1. The molecule has 0 aliphatic rings. The molecule has 112 valence electrons. The molecular weight excluding hydrogens is 296 g/mol. The van der Waals surface area contributed by atoms with E-state index < -0.39 is 5.97 Å². The Morgan fingerprint density at radius 1 is 1.26 bits per heavy atom. The highest BCUT2D eigenvalue weighted by atomic mass is 16.5. The SMILES string of the molecule is COC(=O)c1nn(C)c2ccc(NC(C#N)=C(C#N)C#N)cc12. The van der Waals surface area contributed by atoms with E-state index in [2.05, 4.69) is 15.2 Å². The van der Waals surface area contributed by atoms with Crippen molar-refractivity contribution in [2.45, 2.75) is 0 Å². The van der Waals surface area contributed by atoms with Gasteiger partial charge in [0.25, 0.3) is 0 Å². The molecule has 0 saturated carbocycles. The van der Waals surface area contributed by atoms with Crippen molar-refractivity contribution < 1.29 is 9.53 Å². The van der Waals surface area contributed by atoms with Crippen LogP contribution in [0.5, 0.6) is 0 Å². The van der Waals surface area contributed by atoms with Crippen LogP contribution < -0.4 is 5.32 Å². The number of nitrogens with zero attached hydrogens (tertiary/aromatic N) is 5. The van der Waals surface area contributed by atoms with Gasteiger partial charge in [0.05, 0.1) is 12.6 Å². The van der Waals surface area contributed by atoms with E-state index in [9.17, 15) is 4.79 Å². The number of carbonyl (C=O) groups excluding carboxylic acids is 1. The molecule has 0 aliphatic carbocycles. The Labute approximate surface area is 131 Å². The summed E-state index contributed by atoms with van der Waals surface area (Å²) in [6.07, 6.45) is 0. The maximum absolute atomic E-state index is 11.8. The molecule has 0 fully saturated rings. The first-order chi connectivity index (χ1) is 11.0. The summed E-state index contributed by atoms with van der Waals surface area (Å²) >= 11 is 0. The van der Waals surface area contributed by atoms with E-state index in [1.807, 2.05) is 0 Å². The quantitative estimate of drug-likeness (QED) is 0.673. The number of nitriles is 3. The third kappa shape index (κ3) is 2.80. The number of hydrogen-bond donors (Lipinski definition) is 1. The monoisotopic (exact) mass is 306 g/mol. The number of allylic oxidation sites excluding steroid dienone is 2. The molecule has 0 radical (unpaired) electrons. The smallest absolute Gasteiger partial charge is 0.359 e. The summed E-state index contributed by atoms with van der Waals surface area (Å²) in [5, 5.41) is 34.0. The van der Waals surface area contributed by atoms with E-state index in [1.54, 1.807) is 43.5 Å². The van der Waals surface area contributed by atoms with Crippen LogP contribution in [-0.4, -0.2) is 22.9 Å². The molecule has 2 aromatic rings.